The largest absolute Gasteiger partial charge is 0.340 e. The average molecular weight is 381 g/mol. The fourth-order valence-electron chi connectivity index (χ4n) is 2.35. The second-order valence-corrected chi connectivity index (χ2v) is 8.07. The molecule has 0 aliphatic rings. The van der Waals surface area contributed by atoms with E-state index in [0.29, 0.717) is 16.5 Å². The molecule has 0 aliphatic heterocycles. The molecule has 0 saturated heterocycles. The van der Waals surface area contributed by atoms with Crippen LogP contribution in [0.25, 0.3) is 22.6 Å². The van der Waals surface area contributed by atoms with E-state index in [2.05, 4.69) is 9.97 Å². The highest BCUT2D eigenvalue weighted by Gasteiger charge is 2.14. The Kier molecular flexibility index (Phi) is 4.67. The molecule has 1 heterocycles. The second-order valence-electron chi connectivity index (χ2n) is 5.35. The van der Waals surface area contributed by atoms with Gasteiger partial charge in [0.25, 0.3) is 0 Å². The number of sulfone groups is 1. The molecule has 0 fully saturated rings. The Morgan fingerprint density at radius 1 is 1.00 bits per heavy atom. The van der Waals surface area contributed by atoms with E-state index in [9.17, 15) is 8.42 Å². The minimum absolute atomic E-state index is 0.268. The van der Waals surface area contributed by atoms with E-state index in [1.807, 2.05) is 12.1 Å². The zero-order chi connectivity index (χ0) is 17.3. The normalized spacial score (nSPS) is 11.6. The van der Waals surface area contributed by atoms with Crippen LogP contribution >= 0.6 is 23.2 Å². The number of rotatable bonds is 4. The number of aromatic amines is 1. The summed E-state index contributed by atoms with van der Waals surface area (Å²) in [4.78, 5) is 8.09. The molecule has 0 aliphatic carbocycles. The molecule has 7 heteroatoms. The van der Waals surface area contributed by atoms with Gasteiger partial charge in [-0.05, 0) is 36.4 Å². The zero-order valence-electron chi connectivity index (χ0n) is 12.8. The van der Waals surface area contributed by atoms with Crippen molar-refractivity contribution in [2.45, 2.75) is 10.8 Å². The third-order valence-corrected chi connectivity index (χ3v) is 5.23. The summed E-state index contributed by atoms with van der Waals surface area (Å²) >= 11 is 11.9. The molecule has 0 spiro atoms. The fourth-order valence-corrected chi connectivity index (χ4v) is 3.30. The number of halogens is 2. The summed E-state index contributed by atoms with van der Waals surface area (Å²) in [7, 11) is -3.23. The van der Waals surface area contributed by atoms with Crippen LogP contribution in [0, 0.1) is 0 Å². The minimum Gasteiger partial charge on any atom is -0.340 e. The Balaban J connectivity index is 2.03. The molecule has 4 nitrogen and oxygen atoms in total. The highest BCUT2D eigenvalue weighted by Crippen LogP contribution is 2.28. The molecule has 0 amide bonds. The molecule has 0 radical (unpaired) electrons. The zero-order valence-corrected chi connectivity index (χ0v) is 15.1. The smallest absolute Gasteiger partial charge is 0.175 e. The van der Waals surface area contributed by atoms with Gasteiger partial charge in [0.15, 0.2) is 9.84 Å². The van der Waals surface area contributed by atoms with Gasteiger partial charge in [-0.2, -0.15) is 0 Å². The lowest BCUT2D eigenvalue weighted by Gasteiger charge is -2.02. The highest BCUT2D eigenvalue weighted by atomic mass is 35.5. The molecule has 0 unspecified atom stereocenters. The number of H-pyrrole nitrogens is 1. The Hall–Kier alpha value is -1.82. The van der Waals surface area contributed by atoms with Gasteiger partial charge in [-0.15, -0.1) is 11.6 Å². The maximum absolute atomic E-state index is 11.6. The molecule has 0 bridgehead atoms. The molecule has 2 aromatic carbocycles. The van der Waals surface area contributed by atoms with Crippen molar-refractivity contribution in [3.8, 4) is 22.6 Å². The monoisotopic (exact) mass is 380 g/mol. The lowest BCUT2D eigenvalue weighted by atomic mass is 10.1. The third kappa shape index (κ3) is 3.48. The number of alkyl halides is 1. The van der Waals surface area contributed by atoms with Crippen molar-refractivity contribution in [3.05, 3.63) is 59.2 Å². The lowest BCUT2D eigenvalue weighted by molar-refractivity contribution is 0.602. The van der Waals surface area contributed by atoms with Crippen LogP contribution in [-0.2, 0) is 15.7 Å². The van der Waals surface area contributed by atoms with E-state index in [1.165, 1.54) is 6.26 Å². The molecular formula is C17H14Cl2N2O2S. The Morgan fingerprint density at radius 2 is 1.58 bits per heavy atom. The number of nitrogens with one attached hydrogen (secondary N) is 1. The van der Waals surface area contributed by atoms with Crippen LogP contribution < -0.4 is 0 Å². The first-order valence-corrected chi connectivity index (χ1v) is 9.90. The summed E-state index contributed by atoms with van der Waals surface area (Å²) < 4.78 is 23.1. The molecule has 3 aromatic rings. The van der Waals surface area contributed by atoms with Crippen molar-refractivity contribution in [2.75, 3.05) is 6.26 Å². The first-order valence-electron chi connectivity index (χ1n) is 7.10. The SMILES string of the molecule is CS(=O)(=O)c1ccc(-c2nc(-c3ccc(Cl)cc3)[nH]c2CCl)cc1. The first-order chi connectivity index (χ1) is 11.4. The molecule has 24 heavy (non-hydrogen) atoms. The Bertz CT molecular complexity index is 963. The number of imidazole rings is 1. The summed E-state index contributed by atoms with van der Waals surface area (Å²) in [6.45, 7) is 0. The molecule has 1 aromatic heterocycles. The summed E-state index contributed by atoms with van der Waals surface area (Å²) in [5, 5.41) is 0.652. The standard InChI is InChI=1S/C17H14Cl2N2O2S/c1-24(22,23)14-8-4-11(5-9-14)16-15(10-18)20-17(21-16)12-2-6-13(19)7-3-12/h2-9H,10H2,1H3,(H,20,21). The van der Waals surface area contributed by atoms with Gasteiger partial charge in [-0.25, -0.2) is 13.4 Å². The van der Waals surface area contributed by atoms with Crippen LogP contribution in [0.4, 0.5) is 0 Å². The quantitative estimate of drug-likeness (QED) is 0.675. The summed E-state index contributed by atoms with van der Waals surface area (Å²) in [5.74, 6) is 0.952. The maximum Gasteiger partial charge on any atom is 0.175 e. The number of hydrogen-bond donors (Lipinski definition) is 1. The van der Waals surface area contributed by atoms with Crippen molar-refractivity contribution in [2.24, 2.45) is 0 Å². The van der Waals surface area contributed by atoms with E-state index in [0.717, 1.165) is 16.8 Å². The maximum atomic E-state index is 11.6. The van der Waals surface area contributed by atoms with Crippen LogP contribution in [0.5, 0.6) is 0 Å². The number of nitrogens with zero attached hydrogens (tertiary/aromatic N) is 1. The summed E-state index contributed by atoms with van der Waals surface area (Å²) in [6, 6.07) is 13.9. The van der Waals surface area contributed by atoms with E-state index in [4.69, 9.17) is 23.2 Å². The van der Waals surface area contributed by atoms with Crippen LogP contribution in [-0.4, -0.2) is 24.6 Å². The minimum atomic E-state index is -3.23. The average Bonchev–Trinajstić information content (AvgIpc) is 2.99. The van der Waals surface area contributed by atoms with E-state index >= 15 is 0 Å². The summed E-state index contributed by atoms with van der Waals surface area (Å²) in [5.41, 5.74) is 3.17. The molecule has 3 rings (SSSR count). The highest BCUT2D eigenvalue weighted by molar-refractivity contribution is 7.90. The molecule has 124 valence electrons. The predicted molar refractivity (Wildman–Crippen MR) is 97.1 cm³/mol. The van der Waals surface area contributed by atoms with Crippen molar-refractivity contribution in [1.82, 2.24) is 9.97 Å². The van der Waals surface area contributed by atoms with E-state index < -0.39 is 9.84 Å². The van der Waals surface area contributed by atoms with E-state index in [-0.39, 0.29) is 10.8 Å². The molecular weight excluding hydrogens is 367 g/mol. The van der Waals surface area contributed by atoms with Gasteiger partial charge in [0.1, 0.15) is 5.82 Å². The Labute approximate surface area is 150 Å². The second kappa shape index (κ2) is 6.59. The molecule has 0 atom stereocenters. The first kappa shape index (κ1) is 17.0. The van der Waals surface area contributed by atoms with Crippen molar-refractivity contribution in [3.63, 3.8) is 0 Å². The van der Waals surface area contributed by atoms with Crippen LogP contribution in [0.1, 0.15) is 5.69 Å². The van der Waals surface area contributed by atoms with Crippen molar-refractivity contribution in [1.29, 1.82) is 0 Å². The topological polar surface area (TPSA) is 62.8 Å². The predicted octanol–water partition coefficient (Wildman–Crippen LogP) is 4.54. The number of aromatic nitrogens is 2. The lowest BCUT2D eigenvalue weighted by Crippen LogP contribution is -1.96. The number of hydrogen-bond acceptors (Lipinski definition) is 3. The molecule has 0 saturated carbocycles. The molecule has 1 N–H and O–H groups in total. The third-order valence-electron chi connectivity index (χ3n) is 3.59. The van der Waals surface area contributed by atoms with Gasteiger partial charge in [0, 0.05) is 22.4 Å². The van der Waals surface area contributed by atoms with Crippen LogP contribution in [0.2, 0.25) is 5.02 Å². The van der Waals surface area contributed by atoms with Gasteiger partial charge in [-0.3, -0.25) is 0 Å². The summed E-state index contributed by atoms with van der Waals surface area (Å²) in [6.07, 6.45) is 1.18. The number of benzene rings is 2. The van der Waals surface area contributed by atoms with Gasteiger partial charge in [0.2, 0.25) is 0 Å². The van der Waals surface area contributed by atoms with Crippen molar-refractivity contribution < 1.29 is 8.42 Å². The van der Waals surface area contributed by atoms with Crippen LogP contribution in [0.3, 0.4) is 0 Å². The fraction of sp³-hybridized carbons (Fsp3) is 0.118. The van der Waals surface area contributed by atoms with Crippen LogP contribution in [0.15, 0.2) is 53.4 Å². The van der Waals surface area contributed by atoms with E-state index in [1.54, 1.807) is 36.4 Å². The van der Waals surface area contributed by atoms with Crippen molar-refractivity contribution >= 4 is 33.0 Å². The van der Waals surface area contributed by atoms with Gasteiger partial charge in [-0.1, -0.05) is 23.7 Å². The van der Waals surface area contributed by atoms with Gasteiger partial charge >= 0.3 is 0 Å². The van der Waals surface area contributed by atoms with Gasteiger partial charge in [0.05, 0.1) is 22.2 Å². The van der Waals surface area contributed by atoms with Gasteiger partial charge < -0.3 is 4.98 Å². The Morgan fingerprint density at radius 3 is 2.12 bits per heavy atom.